The normalized spacial score (nSPS) is 12.5. The van der Waals surface area contributed by atoms with Gasteiger partial charge in [0.2, 0.25) is 4.96 Å². The van der Waals surface area contributed by atoms with E-state index in [1.807, 2.05) is 54.8 Å². The van der Waals surface area contributed by atoms with E-state index in [4.69, 9.17) is 4.74 Å². The van der Waals surface area contributed by atoms with Gasteiger partial charge in [-0.05, 0) is 53.8 Å². The van der Waals surface area contributed by atoms with Crippen LogP contribution in [-0.4, -0.2) is 21.7 Å². The lowest BCUT2D eigenvalue weighted by Crippen LogP contribution is -2.23. The molecule has 0 N–H and O–H groups in total. The minimum Gasteiger partial charge on any atom is -0.497 e. The van der Waals surface area contributed by atoms with Gasteiger partial charge in [0.05, 0.1) is 11.6 Å². The zero-order chi connectivity index (χ0) is 18.1. The van der Waals surface area contributed by atoms with Gasteiger partial charge in [-0.3, -0.25) is 4.79 Å². The molecule has 0 atom stereocenters. The van der Waals surface area contributed by atoms with E-state index in [0.717, 1.165) is 21.8 Å². The first-order chi connectivity index (χ1) is 12.6. The fourth-order valence-corrected chi connectivity index (χ4v) is 4.29. The molecule has 130 valence electrons. The van der Waals surface area contributed by atoms with Gasteiger partial charge in [0, 0.05) is 4.88 Å². The Morgan fingerprint density at radius 3 is 2.62 bits per heavy atom. The lowest BCUT2D eigenvalue weighted by atomic mass is 10.2. The molecule has 0 saturated carbocycles. The molecule has 0 amide bonds. The molecule has 0 aliphatic rings. The van der Waals surface area contributed by atoms with E-state index in [1.165, 1.54) is 15.9 Å². The Kier molecular flexibility index (Phi) is 4.40. The molecule has 0 bridgehead atoms. The number of aromatic nitrogens is 3. The first kappa shape index (κ1) is 16.7. The summed E-state index contributed by atoms with van der Waals surface area (Å²) in [6, 6.07) is 9.72. The van der Waals surface area contributed by atoms with Crippen molar-refractivity contribution in [3.05, 3.63) is 72.4 Å². The van der Waals surface area contributed by atoms with E-state index in [2.05, 4.69) is 10.1 Å². The first-order valence-corrected chi connectivity index (χ1v) is 9.61. The molecule has 0 spiro atoms. The SMILES string of the molecule is COc1ccc(/C=C/c2nc3s/c(=C/c4sccc4C)c(=O)n3n2)cc1. The summed E-state index contributed by atoms with van der Waals surface area (Å²) in [5, 5.41) is 6.33. The van der Waals surface area contributed by atoms with E-state index in [0.29, 0.717) is 15.3 Å². The molecular weight excluding hydrogens is 366 g/mol. The third kappa shape index (κ3) is 3.18. The van der Waals surface area contributed by atoms with E-state index in [1.54, 1.807) is 24.5 Å². The molecule has 0 radical (unpaired) electrons. The number of thiazole rings is 1. The molecule has 7 heteroatoms. The molecule has 3 aromatic heterocycles. The van der Waals surface area contributed by atoms with Gasteiger partial charge < -0.3 is 4.74 Å². The molecule has 3 heterocycles. The van der Waals surface area contributed by atoms with Crippen molar-refractivity contribution in [1.29, 1.82) is 0 Å². The Balaban J connectivity index is 1.64. The van der Waals surface area contributed by atoms with Gasteiger partial charge in [0.1, 0.15) is 5.75 Å². The average Bonchev–Trinajstić information content (AvgIpc) is 3.32. The van der Waals surface area contributed by atoms with Gasteiger partial charge in [-0.2, -0.15) is 9.50 Å². The average molecular weight is 381 g/mol. The Morgan fingerprint density at radius 1 is 1.15 bits per heavy atom. The number of thiophene rings is 1. The molecule has 0 fully saturated rings. The Morgan fingerprint density at radius 2 is 1.96 bits per heavy atom. The second-order valence-corrected chi connectivity index (χ2v) is 7.61. The molecule has 0 aliphatic carbocycles. The van der Waals surface area contributed by atoms with Crippen LogP contribution in [0.3, 0.4) is 0 Å². The lowest BCUT2D eigenvalue weighted by molar-refractivity contribution is 0.415. The number of nitrogens with zero attached hydrogens (tertiary/aromatic N) is 3. The van der Waals surface area contributed by atoms with E-state index in [9.17, 15) is 4.79 Å². The van der Waals surface area contributed by atoms with Crippen molar-refractivity contribution in [3.63, 3.8) is 0 Å². The predicted molar refractivity (Wildman–Crippen MR) is 107 cm³/mol. The van der Waals surface area contributed by atoms with Gasteiger partial charge in [-0.15, -0.1) is 16.4 Å². The number of rotatable bonds is 4. The van der Waals surface area contributed by atoms with Crippen LogP contribution in [0.5, 0.6) is 5.75 Å². The van der Waals surface area contributed by atoms with Crippen molar-refractivity contribution in [2.75, 3.05) is 7.11 Å². The summed E-state index contributed by atoms with van der Waals surface area (Å²) in [4.78, 5) is 18.7. The van der Waals surface area contributed by atoms with Gasteiger partial charge in [-0.25, -0.2) is 0 Å². The highest BCUT2D eigenvalue weighted by Crippen LogP contribution is 2.16. The van der Waals surface area contributed by atoms with Crippen LogP contribution in [0.2, 0.25) is 0 Å². The summed E-state index contributed by atoms with van der Waals surface area (Å²) in [6.07, 6.45) is 5.62. The monoisotopic (exact) mass is 381 g/mol. The maximum absolute atomic E-state index is 12.5. The molecule has 0 unspecified atom stereocenters. The maximum Gasteiger partial charge on any atom is 0.291 e. The number of hydrogen-bond donors (Lipinski definition) is 0. The quantitative estimate of drug-likeness (QED) is 0.545. The zero-order valence-corrected chi connectivity index (χ0v) is 15.8. The predicted octanol–water partition coefficient (Wildman–Crippen LogP) is 3.25. The van der Waals surface area contributed by atoms with Crippen LogP contribution in [0.4, 0.5) is 0 Å². The Labute approximate surface area is 157 Å². The third-order valence-electron chi connectivity index (χ3n) is 3.90. The minimum absolute atomic E-state index is 0.130. The van der Waals surface area contributed by atoms with Gasteiger partial charge in [0.15, 0.2) is 5.82 Å². The van der Waals surface area contributed by atoms with Gasteiger partial charge in [0.25, 0.3) is 5.56 Å². The molecule has 4 aromatic rings. The van der Waals surface area contributed by atoms with Gasteiger partial charge in [-0.1, -0.05) is 29.5 Å². The van der Waals surface area contributed by atoms with Crippen LogP contribution in [0.15, 0.2) is 40.5 Å². The molecule has 5 nitrogen and oxygen atoms in total. The Hall–Kier alpha value is -2.77. The molecule has 4 rings (SSSR count). The van der Waals surface area contributed by atoms with E-state index in [-0.39, 0.29) is 5.56 Å². The highest BCUT2D eigenvalue weighted by molar-refractivity contribution is 7.15. The summed E-state index contributed by atoms with van der Waals surface area (Å²) in [6.45, 7) is 2.03. The summed E-state index contributed by atoms with van der Waals surface area (Å²) in [5.74, 6) is 1.33. The number of benzene rings is 1. The van der Waals surface area contributed by atoms with Crippen molar-refractivity contribution in [3.8, 4) is 5.75 Å². The number of aryl methyl sites for hydroxylation is 1. The topological polar surface area (TPSA) is 56.5 Å². The number of fused-ring (bicyclic) bond motifs is 1. The van der Waals surface area contributed by atoms with Gasteiger partial charge >= 0.3 is 0 Å². The largest absolute Gasteiger partial charge is 0.497 e. The fraction of sp³-hybridized carbons (Fsp3) is 0.105. The Bertz CT molecular complexity index is 1200. The first-order valence-electron chi connectivity index (χ1n) is 7.91. The molecule has 26 heavy (non-hydrogen) atoms. The number of hydrogen-bond acceptors (Lipinski definition) is 6. The third-order valence-corrected chi connectivity index (χ3v) is 5.83. The molecular formula is C19H15N3O2S2. The lowest BCUT2D eigenvalue weighted by Gasteiger charge is -1.98. The van der Waals surface area contributed by atoms with Crippen molar-refractivity contribution in [2.45, 2.75) is 6.92 Å². The van der Waals surface area contributed by atoms with E-state index < -0.39 is 0 Å². The standard InChI is InChI=1S/C19H15N3O2S2/c1-12-9-10-25-15(12)11-16-18(23)22-19(26-16)20-17(21-22)8-5-13-3-6-14(24-2)7-4-13/h3-11H,1-2H3/b8-5+,16-11+. The van der Waals surface area contributed by atoms with Crippen molar-refractivity contribution in [1.82, 2.24) is 14.6 Å². The fourth-order valence-electron chi connectivity index (χ4n) is 2.46. The van der Waals surface area contributed by atoms with Crippen LogP contribution in [0, 0.1) is 6.92 Å². The summed E-state index contributed by atoms with van der Waals surface area (Å²) >= 11 is 2.97. The summed E-state index contributed by atoms with van der Waals surface area (Å²) in [5.41, 5.74) is 2.04. The van der Waals surface area contributed by atoms with Crippen LogP contribution in [0.25, 0.3) is 23.2 Å². The van der Waals surface area contributed by atoms with Crippen LogP contribution >= 0.6 is 22.7 Å². The van der Waals surface area contributed by atoms with Crippen molar-refractivity contribution in [2.24, 2.45) is 0 Å². The molecule has 0 aliphatic heterocycles. The van der Waals surface area contributed by atoms with Crippen LogP contribution in [0.1, 0.15) is 21.8 Å². The highest BCUT2D eigenvalue weighted by Gasteiger charge is 2.09. The summed E-state index contributed by atoms with van der Waals surface area (Å²) < 4.78 is 7.16. The number of ether oxygens (including phenoxy) is 1. The van der Waals surface area contributed by atoms with Crippen LogP contribution in [-0.2, 0) is 0 Å². The van der Waals surface area contributed by atoms with E-state index >= 15 is 0 Å². The molecule has 1 aromatic carbocycles. The maximum atomic E-state index is 12.5. The smallest absolute Gasteiger partial charge is 0.291 e. The highest BCUT2D eigenvalue weighted by atomic mass is 32.1. The minimum atomic E-state index is -0.130. The molecule has 0 saturated heterocycles. The van der Waals surface area contributed by atoms with Crippen molar-refractivity contribution < 1.29 is 4.74 Å². The van der Waals surface area contributed by atoms with Crippen molar-refractivity contribution >= 4 is 45.9 Å². The second-order valence-electron chi connectivity index (χ2n) is 5.65. The number of methoxy groups -OCH3 is 1. The second kappa shape index (κ2) is 6.86. The van der Waals surface area contributed by atoms with Crippen LogP contribution < -0.4 is 14.8 Å². The summed E-state index contributed by atoms with van der Waals surface area (Å²) in [7, 11) is 1.64. The zero-order valence-electron chi connectivity index (χ0n) is 14.2.